The molecular weight excluding hydrogens is 519 g/mol. The van der Waals surface area contributed by atoms with E-state index in [4.69, 9.17) is 0 Å². The van der Waals surface area contributed by atoms with E-state index in [1.54, 1.807) is 19.0 Å². The van der Waals surface area contributed by atoms with Crippen LogP contribution in [-0.2, 0) is 17.8 Å². The second-order valence-electron chi connectivity index (χ2n) is 6.10. The van der Waals surface area contributed by atoms with E-state index in [0.717, 1.165) is 23.0 Å². The van der Waals surface area contributed by atoms with Gasteiger partial charge >= 0.3 is 0 Å². The Balaban J connectivity index is 0.00000364. The van der Waals surface area contributed by atoms with Gasteiger partial charge in [-0.05, 0) is 29.7 Å². The zero-order valence-electron chi connectivity index (χ0n) is 15.6. The number of likely N-dealkylation sites (N-methyl/N-ethyl adjacent to an activating group) is 1. The normalized spacial score (nSPS) is 10.7. The van der Waals surface area contributed by atoms with Gasteiger partial charge in [0.25, 0.3) is 0 Å². The van der Waals surface area contributed by atoms with Gasteiger partial charge < -0.3 is 15.5 Å². The first-order valence-electron chi connectivity index (χ1n) is 8.55. The van der Waals surface area contributed by atoms with Gasteiger partial charge in [-0.1, -0.05) is 58.4 Å². The maximum absolute atomic E-state index is 11.8. The van der Waals surface area contributed by atoms with Crippen molar-refractivity contribution in [2.75, 3.05) is 27.2 Å². The van der Waals surface area contributed by atoms with E-state index in [9.17, 15) is 4.79 Å². The second kappa shape index (κ2) is 12.7. The van der Waals surface area contributed by atoms with Crippen LogP contribution in [0.15, 0.2) is 64.1 Å². The molecule has 146 valence electrons. The molecule has 0 aliphatic rings. The highest BCUT2D eigenvalue weighted by atomic mass is 127. The monoisotopic (exact) mass is 544 g/mol. The molecule has 2 aromatic rings. The maximum Gasteiger partial charge on any atom is 0.241 e. The molecule has 7 heteroatoms. The lowest BCUT2D eigenvalue weighted by molar-refractivity contribution is -0.127. The van der Waals surface area contributed by atoms with Crippen molar-refractivity contribution in [3.05, 3.63) is 70.2 Å². The van der Waals surface area contributed by atoms with Crippen LogP contribution in [0.2, 0.25) is 0 Å². The number of amides is 1. The van der Waals surface area contributed by atoms with Crippen LogP contribution in [-0.4, -0.2) is 44.0 Å². The molecule has 0 unspecified atom stereocenters. The molecule has 0 aromatic heterocycles. The number of hydrogen-bond acceptors (Lipinski definition) is 2. The third-order valence-electron chi connectivity index (χ3n) is 3.79. The molecule has 0 fully saturated rings. The van der Waals surface area contributed by atoms with E-state index in [1.807, 2.05) is 42.5 Å². The van der Waals surface area contributed by atoms with Crippen molar-refractivity contribution >= 4 is 51.8 Å². The Morgan fingerprint density at radius 3 is 2.30 bits per heavy atom. The van der Waals surface area contributed by atoms with Gasteiger partial charge in [0.05, 0.1) is 13.1 Å². The Morgan fingerprint density at radius 2 is 1.67 bits per heavy atom. The van der Waals surface area contributed by atoms with Gasteiger partial charge in [-0.3, -0.25) is 4.79 Å². The van der Waals surface area contributed by atoms with Gasteiger partial charge in [0.1, 0.15) is 0 Å². The Morgan fingerprint density at radius 1 is 1.00 bits per heavy atom. The van der Waals surface area contributed by atoms with Gasteiger partial charge in [0.2, 0.25) is 5.91 Å². The van der Waals surface area contributed by atoms with E-state index in [0.29, 0.717) is 12.5 Å². The minimum Gasteiger partial charge on any atom is -0.356 e. The molecule has 1 amide bonds. The van der Waals surface area contributed by atoms with E-state index >= 15 is 0 Å². The van der Waals surface area contributed by atoms with Crippen LogP contribution < -0.4 is 10.6 Å². The zero-order chi connectivity index (χ0) is 18.8. The molecule has 5 nitrogen and oxygen atoms in total. The zero-order valence-corrected chi connectivity index (χ0v) is 19.5. The highest BCUT2D eigenvalue weighted by Crippen LogP contribution is 2.11. The average Bonchev–Trinajstić information content (AvgIpc) is 2.65. The predicted octanol–water partition coefficient (Wildman–Crippen LogP) is 3.43. The van der Waals surface area contributed by atoms with E-state index < -0.39 is 0 Å². The fraction of sp³-hybridized carbons (Fsp3) is 0.300. The molecule has 0 spiro atoms. The van der Waals surface area contributed by atoms with Crippen LogP contribution in [0.3, 0.4) is 0 Å². The molecule has 0 radical (unpaired) electrons. The van der Waals surface area contributed by atoms with Crippen LogP contribution in [0, 0.1) is 0 Å². The molecule has 2 aromatic carbocycles. The number of benzene rings is 2. The van der Waals surface area contributed by atoms with Crippen molar-refractivity contribution in [3.63, 3.8) is 0 Å². The summed E-state index contributed by atoms with van der Waals surface area (Å²) in [4.78, 5) is 18.0. The molecule has 0 saturated carbocycles. The summed E-state index contributed by atoms with van der Waals surface area (Å²) in [6.07, 6.45) is 0.890. The summed E-state index contributed by atoms with van der Waals surface area (Å²) in [6, 6.07) is 18.3. The Hall–Kier alpha value is -1.61. The number of carbonyl (C=O) groups is 1. The molecule has 0 aliphatic heterocycles. The van der Waals surface area contributed by atoms with Gasteiger partial charge in [0, 0.05) is 25.1 Å². The van der Waals surface area contributed by atoms with Crippen LogP contribution in [0.4, 0.5) is 0 Å². The molecule has 2 rings (SSSR count). The van der Waals surface area contributed by atoms with Crippen molar-refractivity contribution in [1.82, 2.24) is 15.5 Å². The highest BCUT2D eigenvalue weighted by molar-refractivity contribution is 14.0. The molecular formula is C20H26BrIN4O. The van der Waals surface area contributed by atoms with E-state index in [1.165, 1.54) is 5.56 Å². The Labute approximate surface area is 186 Å². The summed E-state index contributed by atoms with van der Waals surface area (Å²) in [5, 5.41) is 6.41. The second-order valence-corrected chi connectivity index (χ2v) is 7.01. The number of halogens is 2. The van der Waals surface area contributed by atoms with Crippen molar-refractivity contribution in [2.45, 2.75) is 13.0 Å². The number of guanidine groups is 1. The lowest BCUT2D eigenvalue weighted by atomic mass is 10.1. The van der Waals surface area contributed by atoms with Crippen molar-refractivity contribution < 1.29 is 4.79 Å². The van der Waals surface area contributed by atoms with Gasteiger partial charge in [-0.2, -0.15) is 0 Å². The molecule has 0 saturated heterocycles. The number of rotatable bonds is 7. The SMILES string of the molecule is CN(C)C(=O)CNC(=NCc1ccc(Br)cc1)NCCc1ccccc1.I. The summed E-state index contributed by atoms with van der Waals surface area (Å²) in [7, 11) is 3.48. The first kappa shape index (κ1) is 23.4. The van der Waals surface area contributed by atoms with Crippen molar-refractivity contribution in [2.24, 2.45) is 4.99 Å². The first-order chi connectivity index (χ1) is 12.5. The number of hydrogen-bond donors (Lipinski definition) is 2. The fourth-order valence-corrected chi connectivity index (χ4v) is 2.49. The number of aliphatic imine (C=N–C) groups is 1. The third-order valence-corrected chi connectivity index (χ3v) is 4.32. The average molecular weight is 545 g/mol. The van der Waals surface area contributed by atoms with Crippen LogP contribution in [0.5, 0.6) is 0 Å². The predicted molar refractivity (Wildman–Crippen MR) is 126 cm³/mol. The lowest BCUT2D eigenvalue weighted by Crippen LogP contribution is -2.43. The smallest absolute Gasteiger partial charge is 0.241 e. The quantitative estimate of drug-likeness (QED) is 0.319. The molecule has 27 heavy (non-hydrogen) atoms. The summed E-state index contributed by atoms with van der Waals surface area (Å²) < 4.78 is 1.04. The molecule has 0 bridgehead atoms. The van der Waals surface area contributed by atoms with Gasteiger partial charge in [-0.25, -0.2) is 4.99 Å². The first-order valence-corrected chi connectivity index (χ1v) is 9.34. The fourth-order valence-electron chi connectivity index (χ4n) is 2.22. The minimum atomic E-state index is 0. The summed E-state index contributed by atoms with van der Waals surface area (Å²) in [5.74, 6) is 0.644. The Kier molecular flexibility index (Phi) is 11.0. The van der Waals surface area contributed by atoms with E-state index in [-0.39, 0.29) is 36.4 Å². The van der Waals surface area contributed by atoms with E-state index in [2.05, 4.69) is 43.7 Å². The molecule has 0 aliphatic carbocycles. The summed E-state index contributed by atoms with van der Waals surface area (Å²) in [5.41, 5.74) is 2.37. The minimum absolute atomic E-state index is 0. The largest absolute Gasteiger partial charge is 0.356 e. The molecule has 0 heterocycles. The van der Waals surface area contributed by atoms with Gasteiger partial charge in [0.15, 0.2) is 5.96 Å². The number of nitrogens with zero attached hydrogens (tertiary/aromatic N) is 2. The molecule has 0 atom stereocenters. The Bertz CT molecular complexity index is 721. The van der Waals surface area contributed by atoms with Crippen LogP contribution in [0.1, 0.15) is 11.1 Å². The lowest BCUT2D eigenvalue weighted by Gasteiger charge is -2.15. The number of carbonyl (C=O) groups excluding carboxylic acids is 1. The summed E-state index contributed by atoms with van der Waals surface area (Å²) in [6.45, 7) is 1.50. The number of nitrogens with one attached hydrogen (secondary N) is 2. The van der Waals surface area contributed by atoms with Crippen molar-refractivity contribution in [1.29, 1.82) is 0 Å². The highest BCUT2D eigenvalue weighted by Gasteiger charge is 2.06. The maximum atomic E-state index is 11.8. The topological polar surface area (TPSA) is 56.7 Å². The molecule has 2 N–H and O–H groups in total. The van der Waals surface area contributed by atoms with Crippen molar-refractivity contribution in [3.8, 4) is 0 Å². The van der Waals surface area contributed by atoms with Crippen LogP contribution >= 0.6 is 39.9 Å². The van der Waals surface area contributed by atoms with Crippen LogP contribution in [0.25, 0.3) is 0 Å². The van der Waals surface area contributed by atoms with Gasteiger partial charge in [-0.15, -0.1) is 24.0 Å². The third kappa shape index (κ3) is 9.23. The summed E-state index contributed by atoms with van der Waals surface area (Å²) >= 11 is 3.43. The standard InChI is InChI=1S/C20H25BrN4O.HI/c1-25(2)19(26)15-24-20(22-13-12-16-6-4-3-5-7-16)23-14-17-8-10-18(21)11-9-17;/h3-11H,12-15H2,1-2H3,(H2,22,23,24);1H.